The van der Waals surface area contributed by atoms with E-state index >= 15 is 0 Å². The van der Waals surface area contributed by atoms with Gasteiger partial charge in [-0.15, -0.1) is 0 Å². The molecule has 0 radical (unpaired) electrons. The van der Waals surface area contributed by atoms with Crippen LogP contribution in [0.3, 0.4) is 0 Å². The van der Waals surface area contributed by atoms with Gasteiger partial charge in [-0.25, -0.2) is 4.31 Å². The van der Waals surface area contributed by atoms with E-state index in [-0.39, 0.29) is 0 Å². The van der Waals surface area contributed by atoms with Gasteiger partial charge in [-0.05, 0) is 60.0 Å². The Morgan fingerprint density at radius 1 is 1.04 bits per heavy atom. The summed E-state index contributed by atoms with van der Waals surface area (Å²) in [5, 5.41) is 0.790. The minimum absolute atomic E-state index is 0.591. The summed E-state index contributed by atoms with van der Waals surface area (Å²) in [5.41, 5.74) is 3.87. The first-order valence-electron chi connectivity index (χ1n) is 9.84. The average Bonchev–Trinajstić information content (AvgIpc) is 2.71. The van der Waals surface area contributed by atoms with Crippen molar-refractivity contribution in [3.8, 4) is 0 Å². The number of hydrogen-bond donors (Lipinski definition) is 0. The molecule has 0 atom stereocenters. The molecular weight excluding hydrogens is 406 g/mol. The van der Waals surface area contributed by atoms with Crippen molar-refractivity contribution in [3.05, 3.63) is 59.1 Å². The smallest absolute Gasteiger partial charge is 0.0484 e. The summed E-state index contributed by atoms with van der Waals surface area (Å²) < 4.78 is 4.80. The summed E-state index contributed by atoms with van der Waals surface area (Å²) in [6.07, 6.45) is 2.16. The van der Waals surface area contributed by atoms with Gasteiger partial charge in [-0.3, -0.25) is 0 Å². The number of hydrogen-bond acceptors (Lipinski definition) is 5. The molecule has 1 saturated heterocycles. The van der Waals surface area contributed by atoms with E-state index in [1.165, 1.54) is 16.9 Å². The van der Waals surface area contributed by atoms with Crippen LogP contribution in [0.1, 0.15) is 19.4 Å². The molecular formula is C22H30ClN3S2. The molecule has 1 aliphatic heterocycles. The lowest BCUT2D eigenvalue weighted by molar-refractivity contribution is 0.431. The van der Waals surface area contributed by atoms with E-state index in [1.807, 2.05) is 42.1 Å². The molecule has 152 valence electrons. The van der Waals surface area contributed by atoms with Gasteiger partial charge in [-0.1, -0.05) is 55.6 Å². The van der Waals surface area contributed by atoms with Crippen molar-refractivity contribution in [3.63, 3.8) is 0 Å². The summed E-state index contributed by atoms with van der Waals surface area (Å²) >= 11 is 9.92. The average molecular weight is 436 g/mol. The minimum atomic E-state index is 0.591. The molecule has 0 saturated carbocycles. The molecule has 28 heavy (non-hydrogen) atoms. The molecule has 0 bridgehead atoms. The monoisotopic (exact) mass is 435 g/mol. The Labute approximate surface area is 183 Å². The number of halogens is 1. The lowest BCUT2D eigenvalue weighted by atomic mass is 10.2. The quantitative estimate of drug-likeness (QED) is 0.465. The molecule has 0 aromatic heterocycles. The molecule has 0 aliphatic carbocycles. The van der Waals surface area contributed by atoms with E-state index in [0.717, 1.165) is 43.5 Å². The van der Waals surface area contributed by atoms with Gasteiger partial charge in [0.15, 0.2) is 0 Å². The zero-order valence-electron chi connectivity index (χ0n) is 17.0. The Kier molecular flexibility index (Phi) is 8.27. The first kappa shape index (κ1) is 21.7. The molecule has 2 aromatic rings. The third kappa shape index (κ3) is 6.24. The highest BCUT2D eigenvalue weighted by Crippen LogP contribution is 2.29. The second kappa shape index (κ2) is 10.7. The molecule has 1 heterocycles. The predicted molar refractivity (Wildman–Crippen MR) is 129 cm³/mol. The molecule has 1 aliphatic rings. The number of piperazine rings is 1. The first-order valence-corrected chi connectivity index (χ1v) is 12.3. The predicted octanol–water partition coefficient (Wildman–Crippen LogP) is 6.05. The van der Waals surface area contributed by atoms with Crippen LogP contribution in [0.25, 0.3) is 0 Å². The highest BCUT2D eigenvalue weighted by atomic mass is 35.5. The van der Waals surface area contributed by atoms with Crippen LogP contribution < -0.4 is 9.21 Å². The molecule has 3 rings (SSSR count). The van der Waals surface area contributed by atoms with Gasteiger partial charge in [0.1, 0.15) is 0 Å². The van der Waals surface area contributed by atoms with Gasteiger partial charge in [0, 0.05) is 54.9 Å². The van der Waals surface area contributed by atoms with Crippen LogP contribution in [0.4, 0.5) is 11.4 Å². The zero-order chi connectivity index (χ0) is 19.9. The van der Waals surface area contributed by atoms with Crippen LogP contribution >= 0.6 is 35.5 Å². The van der Waals surface area contributed by atoms with E-state index < -0.39 is 0 Å². The van der Waals surface area contributed by atoms with Gasteiger partial charge < -0.3 is 9.21 Å². The van der Waals surface area contributed by atoms with Crippen molar-refractivity contribution in [2.75, 3.05) is 48.2 Å². The molecule has 1 fully saturated rings. The second-order valence-corrected chi connectivity index (χ2v) is 9.78. The standard InChI is InChI=1S/C22H30ClN3S2/c1-18(2)16-26(22-6-4-5-20(23)15-22)28-17-19-7-9-21(10-8-19)24-11-13-25(27-3)14-12-24/h4-10,15,18H,11-14,16-17H2,1-3H3. The fourth-order valence-corrected chi connectivity index (χ4v) is 5.16. The molecule has 2 aromatic carbocycles. The van der Waals surface area contributed by atoms with Crippen LogP contribution in [0.5, 0.6) is 0 Å². The second-order valence-electron chi connectivity index (χ2n) is 7.47. The maximum absolute atomic E-state index is 6.21. The zero-order valence-corrected chi connectivity index (χ0v) is 19.4. The van der Waals surface area contributed by atoms with Gasteiger partial charge in [0.2, 0.25) is 0 Å². The summed E-state index contributed by atoms with van der Waals surface area (Å²) in [6, 6.07) is 17.2. The van der Waals surface area contributed by atoms with E-state index in [1.54, 1.807) is 0 Å². The van der Waals surface area contributed by atoms with E-state index in [0.29, 0.717) is 5.92 Å². The SMILES string of the molecule is CSN1CCN(c2ccc(CSN(CC(C)C)c3cccc(Cl)c3)cc2)CC1. The van der Waals surface area contributed by atoms with E-state index in [9.17, 15) is 0 Å². The summed E-state index contributed by atoms with van der Waals surface area (Å²) in [4.78, 5) is 2.49. The highest BCUT2D eigenvalue weighted by Gasteiger charge is 2.16. The van der Waals surface area contributed by atoms with E-state index in [4.69, 9.17) is 11.6 Å². The Balaban J connectivity index is 1.59. The number of nitrogens with zero attached hydrogens (tertiary/aromatic N) is 3. The van der Waals surface area contributed by atoms with Gasteiger partial charge in [0.05, 0.1) is 0 Å². The Morgan fingerprint density at radius 3 is 2.36 bits per heavy atom. The van der Waals surface area contributed by atoms with Crippen LogP contribution in [-0.2, 0) is 5.75 Å². The van der Waals surface area contributed by atoms with Crippen LogP contribution in [-0.4, -0.2) is 43.3 Å². The fraction of sp³-hybridized carbons (Fsp3) is 0.455. The number of benzene rings is 2. The molecule has 6 heteroatoms. The number of anilines is 2. The van der Waals surface area contributed by atoms with Gasteiger partial charge in [0.25, 0.3) is 0 Å². The van der Waals surface area contributed by atoms with Crippen molar-refractivity contribution >= 4 is 46.9 Å². The van der Waals surface area contributed by atoms with Crippen LogP contribution in [0.2, 0.25) is 5.02 Å². The van der Waals surface area contributed by atoms with Crippen molar-refractivity contribution in [1.82, 2.24) is 4.31 Å². The minimum Gasteiger partial charge on any atom is -0.369 e. The molecule has 0 amide bonds. The van der Waals surface area contributed by atoms with Crippen molar-refractivity contribution < 1.29 is 0 Å². The van der Waals surface area contributed by atoms with Gasteiger partial charge in [-0.2, -0.15) is 0 Å². The largest absolute Gasteiger partial charge is 0.369 e. The first-order chi connectivity index (χ1) is 13.5. The third-order valence-corrected chi connectivity index (χ3v) is 7.06. The Morgan fingerprint density at radius 2 is 1.75 bits per heavy atom. The van der Waals surface area contributed by atoms with Crippen LogP contribution in [0, 0.1) is 5.92 Å². The summed E-state index contributed by atoms with van der Waals surface area (Å²) in [7, 11) is 0. The van der Waals surface area contributed by atoms with Crippen molar-refractivity contribution in [2.24, 2.45) is 5.92 Å². The molecule has 0 N–H and O–H groups in total. The third-order valence-electron chi connectivity index (χ3n) is 4.81. The summed E-state index contributed by atoms with van der Waals surface area (Å²) in [6.45, 7) is 9.97. The molecule has 3 nitrogen and oxygen atoms in total. The Bertz CT molecular complexity index is 731. The molecule has 0 unspecified atom stereocenters. The lowest BCUT2D eigenvalue weighted by Gasteiger charge is -2.34. The summed E-state index contributed by atoms with van der Waals surface area (Å²) in [5.74, 6) is 1.55. The van der Waals surface area contributed by atoms with E-state index in [2.05, 4.69) is 63.9 Å². The topological polar surface area (TPSA) is 9.72 Å². The number of rotatable bonds is 8. The van der Waals surface area contributed by atoms with Crippen molar-refractivity contribution in [2.45, 2.75) is 19.6 Å². The molecule has 0 spiro atoms. The maximum Gasteiger partial charge on any atom is 0.0484 e. The normalized spacial score (nSPS) is 15.2. The lowest BCUT2D eigenvalue weighted by Crippen LogP contribution is -2.43. The van der Waals surface area contributed by atoms with Gasteiger partial charge >= 0.3 is 0 Å². The van der Waals surface area contributed by atoms with Crippen LogP contribution in [0.15, 0.2) is 48.5 Å². The Hall–Kier alpha value is -1.01. The highest BCUT2D eigenvalue weighted by molar-refractivity contribution is 7.99. The van der Waals surface area contributed by atoms with Crippen molar-refractivity contribution in [1.29, 1.82) is 0 Å². The fourth-order valence-electron chi connectivity index (χ4n) is 3.28. The maximum atomic E-state index is 6.21.